The molecule has 1 aromatic carbocycles. The molecule has 2 heterocycles. The number of nitrogens with zero attached hydrogens (tertiary/aromatic N) is 2. The predicted octanol–water partition coefficient (Wildman–Crippen LogP) is 3.61. The molecule has 1 N–H and O–H groups in total. The normalized spacial score (nSPS) is 11.2. The molecular formula is C17H19N3O. The van der Waals surface area contributed by atoms with Gasteiger partial charge in [-0.05, 0) is 31.7 Å². The summed E-state index contributed by atoms with van der Waals surface area (Å²) in [6.07, 6.45) is 3.63. The van der Waals surface area contributed by atoms with E-state index >= 15 is 0 Å². The lowest BCUT2D eigenvalue weighted by atomic mass is 10.1. The number of hydrogen-bond acceptors (Lipinski definition) is 3. The first-order chi connectivity index (χ1) is 10.2. The van der Waals surface area contributed by atoms with Crippen LogP contribution in [0.4, 0.5) is 0 Å². The highest BCUT2D eigenvalue weighted by molar-refractivity contribution is 5.57. The highest BCUT2D eigenvalue weighted by Gasteiger charge is 2.05. The van der Waals surface area contributed by atoms with E-state index in [2.05, 4.69) is 46.2 Å². The zero-order valence-electron chi connectivity index (χ0n) is 12.3. The second kappa shape index (κ2) is 5.97. The minimum atomic E-state index is 0.812. The summed E-state index contributed by atoms with van der Waals surface area (Å²) in [6, 6.07) is 12.5. The lowest BCUT2D eigenvalue weighted by molar-refractivity contribution is 0.311. The Hall–Kier alpha value is -2.33. The van der Waals surface area contributed by atoms with Crippen molar-refractivity contribution in [3.63, 3.8) is 0 Å². The Morgan fingerprint density at radius 2 is 1.90 bits per heavy atom. The number of H-pyrrole nitrogens is 1. The van der Waals surface area contributed by atoms with Crippen molar-refractivity contribution in [1.82, 2.24) is 14.9 Å². The molecule has 0 bridgehead atoms. The van der Waals surface area contributed by atoms with E-state index in [4.69, 9.17) is 4.42 Å². The van der Waals surface area contributed by atoms with E-state index in [0.717, 1.165) is 36.0 Å². The molecule has 0 aliphatic carbocycles. The van der Waals surface area contributed by atoms with Crippen molar-refractivity contribution >= 4 is 0 Å². The largest absolute Gasteiger partial charge is 0.461 e. The fourth-order valence-electron chi connectivity index (χ4n) is 2.37. The quantitative estimate of drug-likeness (QED) is 0.777. The van der Waals surface area contributed by atoms with Gasteiger partial charge in [-0.25, -0.2) is 4.98 Å². The fourth-order valence-corrected chi connectivity index (χ4v) is 2.37. The van der Waals surface area contributed by atoms with E-state index < -0.39 is 0 Å². The molecule has 3 aromatic rings. The summed E-state index contributed by atoms with van der Waals surface area (Å²) in [5, 5.41) is 0. The van der Waals surface area contributed by atoms with Crippen molar-refractivity contribution in [3.8, 4) is 11.3 Å². The molecule has 2 aromatic heterocycles. The molecule has 3 rings (SSSR count). The first-order valence-corrected chi connectivity index (χ1v) is 7.03. The molecule has 0 radical (unpaired) electrons. The van der Waals surface area contributed by atoms with Crippen LogP contribution in [-0.4, -0.2) is 21.9 Å². The van der Waals surface area contributed by atoms with Crippen LogP contribution in [0.3, 0.4) is 0 Å². The SMILES string of the molecule is Cc1ccc(-c2ccc(CN(C)Cc3ncc[nH]3)cc2)o1. The summed E-state index contributed by atoms with van der Waals surface area (Å²) in [6.45, 7) is 3.66. The van der Waals surface area contributed by atoms with Gasteiger partial charge in [0.15, 0.2) is 0 Å². The van der Waals surface area contributed by atoms with Gasteiger partial charge in [0.2, 0.25) is 0 Å². The third kappa shape index (κ3) is 3.41. The molecule has 108 valence electrons. The van der Waals surface area contributed by atoms with E-state index in [0.29, 0.717) is 0 Å². The number of aromatic amines is 1. The van der Waals surface area contributed by atoms with Gasteiger partial charge in [0, 0.05) is 24.5 Å². The minimum Gasteiger partial charge on any atom is -0.461 e. The second-order valence-corrected chi connectivity index (χ2v) is 5.32. The van der Waals surface area contributed by atoms with E-state index in [-0.39, 0.29) is 0 Å². The molecule has 4 heteroatoms. The number of benzene rings is 1. The van der Waals surface area contributed by atoms with Crippen LogP contribution in [0.2, 0.25) is 0 Å². The van der Waals surface area contributed by atoms with Gasteiger partial charge in [-0.1, -0.05) is 24.3 Å². The topological polar surface area (TPSA) is 45.1 Å². The molecule has 0 saturated carbocycles. The van der Waals surface area contributed by atoms with Crippen LogP contribution in [0.5, 0.6) is 0 Å². The maximum Gasteiger partial charge on any atom is 0.134 e. The van der Waals surface area contributed by atoms with Crippen molar-refractivity contribution in [2.75, 3.05) is 7.05 Å². The number of hydrogen-bond donors (Lipinski definition) is 1. The number of furan rings is 1. The fraction of sp³-hybridized carbons (Fsp3) is 0.235. The van der Waals surface area contributed by atoms with Crippen LogP contribution in [0.1, 0.15) is 17.1 Å². The molecule has 0 saturated heterocycles. The molecular weight excluding hydrogens is 262 g/mol. The molecule has 0 unspecified atom stereocenters. The van der Waals surface area contributed by atoms with Gasteiger partial charge in [-0.2, -0.15) is 0 Å². The van der Waals surface area contributed by atoms with Crippen LogP contribution in [0.25, 0.3) is 11.3 Å². The van der Waals surface area contributed by atoms with Gasteiger partial charge < -0.3 is 9.40 Å². The van der Waals surface area contributed by atoms with Crippen molar-refractivity contribution in [2.24, 2.45) is 0 Å². The Bertz CT molecular complexity index is 683. The first kappa shape index (κ1) is 13.6. The minimum absolute atomic E-state index is 0.812. The van der Waals surface area contributed by atoms with E-state index in [1.54, 1.807) is 6.20 Å². The summed E-state index contributed by atoms with van der Waals surface area (Å²) < 4.78 is 5.64. The second-order valence-electron chi connectivity index (χ2n) is 5.32. The Balaban J connectivity index is 1.64. The summed E-state index contributed by atoms with van der Waals surface area (Å²) in [4.78, 5) is 9.59. The van der Waals surface area contributed by atoms with Crippen LogP contribution in [0, 0.1) is 6.92 Å². The summed E-state index contributed by atoms with van der Waals surface area (Å²) in [5.41, 5.74) is 2.39. The van der Waals surface area contributed by atoms with E-state index in [9.17, 15) is 0 Å². The monoisotopic (exact) mass is 281 g/mol. The van der Waals surface area contributed by atoms with Crippen molar-refractivity contribution < 1.29 is 4.42 Å². The summed E-state index contributed by atoms with van der Waals surface area (Å²) >= 11 is 0. The third-order valence-corrected chi connectivity index (χ3v) is 3.41. The van der Waals surface area contributed by atoms with Crippen LogP contribution in [0.15, 0.2) is 53.2 Å². The number of aromatic nitrogens is 2. The summed E-state index contributed by atoms with van der Waals surface area (Å²) in [7, 11) is 2.09. The lowest BCUT2D eigenvalue weighted by Gasteiger charge is -2.15. The number of aryl methyl sites for hydroxylation is 1. The van der Waals surface area contributed by atoms with Crippen LogP contribution >= 0.6 is 0 Å². The Morgan fingerprint density at radius 1 is 1.10 bits per heavy atom. The zero-order chi connectivity index (χ0) is 14.7. The zero-order valence-corrected chi connectivity index (χ0v) is 12.3. The molecule has 0 aliphatic heterocycles. The Labute approximate surface area is 124 Å². The standard InChI is InChI=1S/C17H19N3O/c1-13-3-8-16(21-13)15-6-4-14(5-7-15)11-20(2)12-17-18-9-10-19-17/h3-10H,11-12H2,1-2H3,(H,18,19). The van der Waals surface area contributed by atoms with E-state index in [1.807, 2.05) is 25.3 Å². The molecule has 0 atom stereocenters. The first-order valence-electron chi connectivity index (χ1n) is 7.03. The maximum atomic E-state index is 5.64. The Morgan fingerprint density at radius 3 is 2.52 bits per heavy atom. The van der Waals surface area contributed by atoms with E-state index in [1.165, 1.54) is 5.56 Å². The highest BCUT2D eigenvalue weighted by atomic mass is 16.3. The Kier molecular flexibility index (Phi) is 3.88. The third-order valence-electron chi connectivity index (χ3n) is 3.41. The van der Waals surface area contributed by atoms with Gasteiger partial charge >= 0.3 is 0 Å². The average molecular weight is 281 g/mol. The molecule has 0 aliphatic rings. The predicted molar refractivity (Wildman–Crippen MR) is 82.6 cm³/mol. The van der Waals surface area contributed by atoms with Crippen molar-refractivity contribution in [1.29, 1.82) is 0 Å². The van der Waals surface area contributed by atoms with Crippen LogP contribution < -0.4 is 0 Å². The van der Waals surface area contributed by atoms with Gasteiger partial charge in [-0.3, -0.25) is 4.90 Å². The smallest absolute Gasteiger partial charge is 0.134 e. The molecule has 0 amide bonds. The van der Waals surface area contributed by atoms with Crippen molar-refractivity contribution in [3.05, 3.63) is 65.9 Å². The maximum absolute atomic E-state index is 5.64. The summed E-state index contributed by atoms with van der Waals surface area (Å²) in [5.74, 6) is 2.84. The highest BCUT2D eigenvalue weighted by Crippen LogP contribution is 2.22. The van der Waals surface area contributed by atoms with Gasteiger partial charge in [0.25, 0.3) is 0 Å². The van der Waals surface area contributed by atoms with Gasteiger partial charge in [-0.15, -0.1) is 0 Å². The van der Waals surface area contributed by atoms with Gasteiger partial charge in [0.1, 0.15) is 17.3 Å². The van der Waals surface area contributed by atoms with Crippen molar-refractivity contribution in [2.45, 2.75) is 20.0 Å². The molecule has 0 spiro atoms. The lowest BCUT2D eigenvalue weighted by Crippen LogP contribution is -2.17. The molecule has 21 heavy (non-hydrogen) atoms. The molecule has 4 nitrogen and oxygen atoms in total. The van der Waals surface area contributed by atoms with Crippen LogP contribution in [-0.2, 0) is 13.1 Å². The average Bonchev–Trinajstić information content (AvgIpc) is 3.11. The molecule has 0 fully saturated rings. The van der Waals surface area contributed by atoms with Gasteiger partial charge in [0.05, 0.1) is 6.54 Å². The number of nitrogens with one attached hydrogen (secondary N) is 1. The number of rotatable bonds is 5. The number of imidazole rings is 1.